The standard InChI is InChI=1S/C21H25N3O2S/c1-21(2,3)19(26)24-20(27)23-17-12-8-7-11-16(17)18(25)22-14-13-15-9-5-4-6-10-15/h4-12H,13-14H2,1-3H3,(H,22,25)(H2,23,24,26,27). The van der Waals surface area contributed by atoms with Crippen LogP contribution in [0.4, 0.5) is 5.69 Å². The van der Waals surface area contributed by atoms with E-state index in [2.05, 4.69) is 16.0 Å². The third-order valence-electron chi connectivity index (χ3n) is 3.87. The van der Waals surface area contributed by atoms with Crippen LogP contribution in [0.2, 0.25) is 0 Å². The van der Waals surface area contributed by atoms with Crippen LogP contribution < -0.4 is 16.0 Å². The molecule has 2 amide bonds. The van der Waals surface area contributed by atoms with E-state index in [9.17, 15) is 9.59 Å². The number of benzene rings is 2. The van der Waals surface area contributed by atoms with Gasteiger partial charge in [0.15, 0.2) is 5.11 Å². The van der Waals surface area contributed by atoms with Gasteiger partial charge in [-0.15, -0.1) is 0 Å². The van der Waals surface area contributed by atoms with E-state index in [1.54, 1.807) is 45.0 Å². The van der Waals surface area contributed by atoms with E-state index in [0.717, 1.165) is 12.0 Å². The number of hydrogen-bond donors (Lipinski definition) is 3. The fourth-order valence-corrected chi connectivity index (χ4v) is 2.50. The second-order valence-electron chi connectivity index (χ2n) is 7.20. The number of nitrogens with one attached hydrogen (secondary N) is 3. The van der Waals surface area contributed by atoms with Crippen LogP contribution in [0.25, 0.3) is 0 Å². The highest BCUT2D eigenvalue weighted by Gasteiger charge is 2.22. The average molecular weight is 384 g/mol. The van der Waals surface area contributed by atoms with Gasteiger partial charge >= 0.3 is 0 Å². The van der Waals surface area contributed by atoms with Crippen molar-refractivity contribution in [3.63, 3.8) is 0 Å². The summed E-state index contributed by atoms with van der Waals surface area (Å²) in [5, 5.41) is 8.67. The van der Waals surface area contributed by atoms with Gasteiger partial charge in [0.05, 0.1) is 11.3 Å². The Balaban J connectivity index is 1.96. The Hall–Kier alpha value is -2.73. The number of anilines is 1. The van der Waals surface area contributed by atoms with Crippen LogP contribution in [0.5, 0.6) is 0 Å². The zero-order chi connectivity index (χ0) is 19.9. The van der Waals surface area contributed by atoms with E-state index in [4.69, 9.17) is 12.2 Å². The predicted octanol–water partition coefficient (Wildman–Crippen LogP) is 3.52. The normalized spacial score (nSPS) is 10.8. The number of thiocarbonyl (C=S) groups is 1. The van der Waals surface area contributed by atoms with E-state index in [1.165, 1.54) is 0 Å². The zero-order valence-electron chi connectivity index (χ0n) is 15.8. The third-order valence-corrected chi connectivity index (χ3v) is 4.07. The Kier molecular flexibility index (Phi) is 7.07. The Bertz CT molecular complexity index is 814. The van der Waals surface area contributed by atoms with E-state index < -0.39 is 5.41 Å². The summed E-state index contributed by atoms with van der Waals surface area (Å²) in [5.74, 6) is -0.385. The Morgan fingerprint density at radius 3 is 2.26 bits per heavy atom. The summed E-state index contributed by atoms with van der Waals surface area (Å²) in [6, 6.07) is 17.0. The first-order valence-corrected chi connectivity index (χ1v) is 9.22. The molecule has 0 spiro atoms. The smallest absolute Gasteiger partial charge is 0.253 e. The first-order valence-electron chi connectivity index (χ1n) is 8.81. The van der Waals surface area contributed by atoms with Crippen molar-refractivity contribution in [2.24, 2.45) is 5.41 Å². The SMILES string of the molecule is CC(C)(C)C(=O)NC(=S)Nc1ccccc1C(=O)NCCc1ccccc1. The predicted molar refractivity (Wildman–Crippen MR) is 113 cm³/mol. The molecule has 0 aromatic heterocycles. The van der Waals surface area contributed by atoms with Crippen LogP contribution in [0.15, 0.2) is 54.6 Å². The van der Waals surface area contributed by atoms with Crippen LogP contribution in [-0.2, 0) is 11.2 Å². The molecule has 142 valence electrons. The van der Waals surface area contributed by atoms with Gasteiger partial charge in [0.25, 0.3) is 5.91 Å². The first-order chi connectivity index (χ1) is 12.8. The maximum Gasteiger partial charge on any atom is 0.253 e. The average Bonchev–Trinajstić information content (AvgIpc) is 2.62. The fraction of sp³-hybridized carbons (Fsp3) is 0.286. The van der Waals surface area contributed by atoms with Gasteiger partial charge < -0.3 is 16.0 Å². The van der Waals surface area contributed by atoms with Crippen molar-refractivity contribution >= 4 is 34.8 Å². The van der Waals surface area contributed by atoms with E-state index in [0.29, 0.717) is 17.8 Å². The molecule has 0 radical (unpaired) electrons. The lowest BCUT2D eigenvalue weighted by atomic mass is 9.96. The minimum Gasteiger partial charge on any atom is -0.352 e. The van der Waals surface area contributed by atoms with Crippen LogP contribution in [0.3, 0.4) is 0 Å². The van der Waals surface area contributed by atoms with Crippen molar-refractivity contribution < 1.29 is 9.59 Å². The van der Waals surface area contributed by atoms with Crippen molar-refractivity contribution in [3.05, 3.63) is 65.7 Å². The number of carbonyl (C=O) groups excluding carboxylic acids is 2. The molecule has 0 fully saturated rings. The molecule has 5 nitrogen and oxygen atoms in total. The number of para-hydroxylation sites is 1. The quantitative estimate of drug-likeness (QED) is 0.691. The van der Waals surface area contributed by atoms with Gasteiger partial charge in [-0.25, -0.2) is 0 Å². The van der Waals surface area contributed by atoms with Crippen LogP contribution >= 0.6 is 12.2 Å². The maximum absolute atomic E-state index is 12.5. The highest BCUT2D eigenvalue weighted by atomic mass is 32.1. The maximum atomic E-state index is 12.5. The molecule has 0 aliphatic carbocycles. The summed E-state index contributed by atoms with van der Waals surface area (Å²) in [7, 11) is 0. The molecule has 2 aromatic rings. The molecule has 6 heteroatoms. The highest BCUT2D eigenvalue weighted by Crippen LogP contribution is 2.16. The lowest BCUT2D eigenvalue weighted by molar-refractivity contribution is -0.126. The number of carbonyl (C=O) groups is 2. The summed E-state index contributed by atoms with van der Waals surface area (Å²) < 4.78 is 0. The van der Waals surface area contributed by atoms with Gasteiger partial charge in [-0.3, -0.25) is 9.59 Å². The molecule has 0 bridgehead atoms. The molecule has 0 saturated heterocycles. The number of amides is 2. The second-order valence-corrected chi connectivity index (χ2v) is 7.60. The molecule has 0 aliphatic heterocycles. The van der Waals surface area contributed by atoms with Crippen LogP contribution in [-0.4, -0.2) is 23.5 Å². The monoisotopic (exact) mass is 383 g/mol. The lowest BCUT2D eigenvalue weighted by Gasteiger charge is -2.19. The summed E-state index contributed by atoms with van der Waals surface area (Å²) in [6.07, 6.45) is 0.752. The van der Waals surface area contributed by atoms with Gasteiger partial charge in [-0.2, -0.15) is 0 Å². The molecule has 2 rings (SSSR count). The molecule has 3 N–H and O–H groups in total. The third kappa shape index (κ3) is 6.49. The summed E-state index contributed by atoms with van der Waals surface area (Å²) in [4.78, 5) is 24.6. The fourth-order valence-electron chi connectivity index (χ4n) is 2.29. The molecule has 0 atom stereocenters. The molecule has 0 unspecified atom stereocenters. The number of rotatable bonds is 5. The molecule has 0 aliphatic rings. The van der Waals surface area contributed by atoms with Crippen LogP contribution in [0, 0.1) is 5.41 Å². The zero-order valence-corrected chi connectivity index (χ0v) is 16.7. The van der Waals surface area contributed by atoms with E-state index in [1.807, 2.05) is 30.3 Å². The highest BCUT2D eigenvalue weighted by molar-refractivity contribution is 7.80. The molecule has 2 aromatic carbocycles. The Morgan fingerprint density at radius 2 is 1.59 bits per heavy atom. The minimum absolute atomic E-state index is 0.166. The molecular formula is C21H25N3O2S. The molecule has 0 heterocycles. The van der Waals surface area contributed by atoms with Gasteiger partial charge in [-0.05, 0) is 36.3 Å². The topological polar surface area (TPSA) is 70.2 Å². The molecule has 27 heavy (non-hydrogen) atoms. The van der Waals surface area contributed by atoms with Crippen molar-refractivity contribution in [2.75, 3.05) is 11.9 Å². The van der Waals surface area contributed by atoms with Gasteiger partial charge in [0.1, 0.15) is 0 Å². The lowest BCUT2D eigenvalue weighted by Crippen LogP contribution is -2.41. The Morgan fingerprint density at radius 1 is 0.963 bits per heavy atom. The van der Waals surface area contributed by atoms with Gasteiger partial charge in [-0.1, -0.05) is 63.2 Å². The Labute approximate surface area is 165 Å². The second kappa shape index (κ2) is 9.28. The van der Waals surface area contributed by atoms with Crippen molar-refractivity contribution in [2.45, 2.75) is 27.2 Å². The van der Waals surface area contributed by atoms with Crippen molar-refractivity contribution in [1.29, 1.82) is 0 Å². The number of hydrogen-bond acceptors (Lipinski definition) is 3. The van der Waals surface area contributed by atoms with E-state index >= 15 is 0 Å². The summed E-state index contributed by atoms with van der Waals surface area (Å²) in [5.41, 5.74) is 1.63. The van der Waals surface area contributed by atoms with Crippen molar-refractivity contribution in [3.8, 4) is 0 Å². The van der Waals surface area contributed by atoms with E-state index in [-0.39, 0.29) is 16.9 Å². The van der Waals surface area contributed by atoms with Crippen LogP contribution in [0.1, 0.15) is 36.7 Å². The molecular weight excluding hydrogens is 358 g/mol. The van der Waals surface area contributed by atoms with Gasteiger partial charge in [0, 0.05) is 12.0 Å². The first kappa shape index (κ1) is 20.6. The van der Waals surface area contributed by atoms with Crippen molar-refractivity contribution in [1.82, 2.24) is 10.6 Å². The summed E-state index contributed by atoms with van der Waals surface area (Å²) in [6.45, 7) is 5.94. The minimum atomic E-state index is -0.555. The summed E-state index contributed by atoms with van der Waals surface area (Å²) >= 11 is 5.20. The molecule has 0 saturated carbocycles. The largest absolute Gasteiger partial charge is 0.352 e. The van der Waals surface area contributed by atoms with Gasteiger partial charge in [0.2, 0.25) is 5.91 Å².